The van der Waals surface area contributed by atoms with Gasteiger partial charge in [-0.2, -0.15) is 4.58 Å². The highest BCUT2D eigenvalue weighted by Gasteiger charge is 2.29. The first-order chi connectivity index (χ1) is 24.6. The Hall–Kier alpha value is -5.20. The van der Waals surface area contributed by atoms with Gasteiger partial charge in [0.25, 0.3) is 0 Å². The first-order valence-electron chi connectivity index (χ1n) is 18.2. The standard InChI is InChI=1S/C44H42N3O3/c1-2-49-44(48)32-19-23-45(24-20-32)29-33-11-3-6-12-36(33)43-37-17-15-34(46-25-21-30-9-4-7-13-39(30)46)27-41(37)50-42-28-35(16-18-38(42)43)47-26-22-31-10-5-8-14-40(31)47/h3-18,27-28,32H,2,19-26,29H2,1H3/q+1. The van der Waals surface area contributed by atoms with Crippen molar-refractivity contribution in [3.05, 3.63) is 131 Å². The molecule has 4 aromatic rings. The quantitative estimate of drug-likeness (QED) is 0.102. The van der Waals surface area contributed by atoms with Crippen molar-refractivity contribution in [2.75, 3.05) is 37.7 Å². The molecule has 0 unspecified atom stereocenters. The number of fused-ring (bicyclic) bond motifs is 4. The molecule has 6 nitrogen and oxygen atoms in total. The van der Waals surface area contributed by atoms with Gasteiger partial charge >= 0.3 is 5.97 Å². The van der Waals surface area contributed by atoms with Crippen molar-refractivity contribution in [3.63, 3.8) is 0 Å². The van der Waals surface area contributed by atoms with Crippen LogP contribution in [-0.4, -0.2) is 43.7 Å². The average Bonchev–Trinajstić information content (AvgIpc) is 3.79. The number of benzene rings is 5. The Kier molecular flexibility index (Phi) is 7.97. The zero-order chi connectivity index (χ0) is 33.6. The molecule has 0 radical (unpaired) electrons. The van der Waals surface area contributed by atoms with E-state index >= 15 is 0 Å². The van der Waals surface area contributed by atoms with Crippen LogP contribution in [0.3, 0.4) is 0 Å². The zero-order valence-electron chi connectivity index (χ0n) is 28.6. The third kappa shape index (κ3) is 5.48. The van der Waals surface area contributed by atoms with Gasteiger partial charge in [0.05, 0.1) is 18.6 Å². The monoisotopic (exact) mass is 660 g/mol. The molecule has 6 heteroatoms. The lowest BCUT2D eigenvalue weighted by molar-refractivity contribution is -0.149. The molecule has 4 aromatic carbocycles. The molecule has 0 aromatic heterocycles. The van der Waals surface area contributed by atoms with Crippen LogP contribution in [0.1, 0.15) is 36.5 Å². The van der Waals surface area contributed by atoms with E-state index in [1.54, 1.807) is 0 Å². The summed E-state index contributed by atoms with van der Waals surface area (Å²) < 4.78 is 14.7. The summed E-state index contributed by atoms with van der Waals surface area (Å²) in [6.07, 6.45) is 3.75. The van der Waals surface area contributed by atoms with Gasteiger partial charge in [-0.3, -0.25) is 9.69 Å². The molecule has 0 amide bonds. The Balaban J connectivity index is 1.17. The fourth-order valence-electron chi connectivity index (χ4n) is 8.44. The van der Waals surface area contributed by atoms with Gasteiger partial charge < -0.3 is 14.1 Å². The molecule has 0 saturated carbocycles. The van der Waals surface area contributed by atoms with E-state index in [2.05, 4.69) is 124 Å². The van der Waals surface area contributed by atoms with E-state index in [1.807, 2.05) is 6.92 Å². The van der Waals surface area contributed by atoms with Gasteiger partial charge in [-0.15, -0.1) is 0 Å². The topological polar surface area (TPSA) is 48.9 Å². The number of piperidine rings is 1. The summed E-state index contributed by atoms with van der Waals surface area (Å²) >= 11 is 0. The third-order valence-electron chi connectivity index (χ3n) is 11.0. The summed E-state index contributed by atoms with van der Waals surface area (Å²) in [5.74, 6) is 0.837. The molecule has 0 bridgehead atoms. The summed E-state index contributed by atoms with van der Waals surface area (Å²) in [5, 5.41) is 2.26. The number of likely N-dealkylation sites (tertiary alicyclic amines) is 1. The van der Waals surface area contributed by atoms with Crippen molar-refractivity contribution in [2.24, 2.45) is 5.92 Å². The summed E-state index contributed by atoms with van der Waals surface area (Å²) in [6.45, 7) is 6.82. The van der Waals surface area contributed by atoms with Crippen LogP contribution in [0, 0.1) is 5.92 Å². The molecule has 4 aliphatic heterocycles. The Bertz CT molecular complexity index is 2280. The van der Waals surface area contributed by atoms with Gasteiger partial charge in [0, 0.05) is 71.2 Å². The van der Waals surface area contributed by atoms with Crippen LogP contribution in [0.15, 0.2) is 114 Å². The molecule has 50 heavy (non-hydrogen) atoms. The highest BCUT2D eigenvalue weighted by atomic mass is 16.5. The van der Waals surface area contributed by atoms with Gasteiger partial charge in [-0.1, -0.05) is 60.7 Å². The van der Waals surface area contributed by atoms with E-state index in [0.29, 0.717) is 6.61 Å². The van der Waals surface area contributed by atoms with Crippen LogP contribution in [0.4, 0.5) is 17.1 Å². The molecule has 0 N–H and O–H groups in total. The molecule has 250 valence electrons. The number of hydrogen-bond acceptors (Lipinski definition) is 5. The van der Waals surface area contributed by atoms with Crippen LogP contribution in [0.25, 0.3) is 33.4 Å². The van der Waals surface area contributed by atoms with E-state index in [1.165, 1.54) is 39.2 Å². The fraction of sp³-hybridized carbons (Fsp3) is 0.273. The Morgan fingerprint density at radius 2 is 1.62 bits per heavy atom. The lowest BCUT2D eigenvalue weighted by Crippen LogP contribution is -2.36. The summed E-state index contributed by atoms with van der Waals surface area (Å²) in [5.41, 5.74) is 12.2. The molecule has 0 atom stereocenters. The number of esters is 1. The normalized spacial score (nSPS) is 17.3. The first-order valence-corrected chi connectivity index (χ1v) is 18.2. The lowest BCUT2D eigenvalue weighted by Gasteiger charge is -2.31. The predicted octanol–water partition coefficient (Wildman–Crippen LogP) is 8.33. The molecule has 0 spiro atoms. The molecule has 4 heterocycles. The van der Waals surface area contributed by atoms with Crippen molar-refractivity contribution in [2.45, 2.75) is 39.2 Å². The van der Waals surface area contributed by atoms with Crippen molar-refractivity contribution in [1.29, 1.82) is 0 Å². The van der Waals surface area contributed by atoms with Crippen molar-refractivity contribution >= 4 is 34.0 Å². The van der Waals surface area contributed by atoms with Crippen molar-refractivity contribution in [1.82, 2.24) is 9.48 Å². The molecular weight excluding hydrogens is 619 g/mol. The maximum atomic E-state index is 12.4. The van der Waals surface area contributed by atoms with E-state index in [9.17, 15) is 4.79 Å². The van der Waals surface area contributed by atoms with Crippen LogP contribution in [0.5, 0.6) is 0 Å². The minimum atomic E-state index is -0.0490. The van der Waals surface area contributed by atoms with Crippen LogP contribution >= 0.6 is 0 Å². The number of carbonyl (C=O) groups is 1. The summed E-state index contributed by atoms with van der Waals surface area (Å²) in [4.78, 5) is 17.3. The molecule has 1 aliphatic carbocycles. The lowest BCUT2D eigenvalue weighted by atomic mass is 9.90. The maximum Gasteiger partial charge on any atom is 0.309 e. The minimum Gasteiger partial charge on any atom is -0.466 e. The Labute approximate surface area is 293 Å². The fourth-order valence-corrected chi connectivity index (χ4v) is 8.44. The van der Waals surface area contributed by atoms with Crippen LogP contribution in [0.2, 0.25) is 0 Å². The number of rotatable bonds is 6. The smallest absolute Gasteiger partial charge is 0.309 e. The number of para-hydroxylation sites is 2. The second-order valence-corrected chi connectivity index (χ2v) is 13.9. The van der Waals surface area contributed by atoms with Crippen LogP contribution < -0.4 is 14.8 Å². The highest BCUT2D eigenvalue weighted by Crippen LogP contribution is 2.44. The summed E-state index contributed by atoms with van der Waals surface area (Å²) in [6, 6.07) is 39.8. The zero-order valence-corrected chi connectivity index (χ0v) is 28.6. The molecule has 1 saturated heterocycles. The molecule has 1 fully saturated rings. The van der Waals surface area contributed by atoms with Crippen molar-refractivity contribution < 1.29 is 13.9 Å². The number of hydrogen-bond donors (Lipinski definition) is 0. The second kappa shape index (κ2) is 12.9. The molecule has 9 rings (SSSR count). The van der Waals surface area contributed by atoms with E-state index in [0.717, 1.165) is 91.7 Å². The average molecular weight is 661 g/mol. The Morgan fingerprint density at radius 1 is 0.820 bits per heavy atom. The van der Waals surface area contributed by atoms with Gasteiger partial charge in [0.15, 0.2) is 6.54 Å². The van der Waals surface area contributed by atoms with Crippen molar-refractivity contribution in [3.8, 4) is 22.5 Å². The minimum absolute atomic E-state index is 0.00129. The van der Waals surface area contributed by atoms with E-state index in [-0.39, 0.29) is 11.9 Å². The number of carbonyl (C=O) groups excluding carboxylic acids is 1. The highest BCUT2D eigenvalue weighted by molar-refractivity contribution is 6.03. The number of anilines is 2. The molecular formula is C44H42N3O3+. The van der Waals surface area contributed by atoms with E-state index in [4.69, 9.17) is 9.15 Å². The number of ether oxygens (including phenoxy) is 1. The maximum absolute atomic E-state index is 12.4. The Morgan fingerprint density at radius 3 is 2.50 bits per heavy atom. The predicted molar refractivity (Wildman–Crippen MR) is 200 cm³/mol. The second-order valence-electron chi connectivity index (χ2n) is 13.9. The first kappa shape index (κ1) is 30.8. The third-order valence-corrected chi connectivity index (χ3v) is 11.0. The van der Waals surface area contributed by atoms with Gasteiger partial charge in [-0.25, -0.2) is 0 Å². The largest absolute Gasteiger partial charge is 0.466 e. The van der Waals surface area contributed by atoms with Crippen LogP contribution in [-0.2, 0) is 28.9 Å². The van der Waals surface area contributed by atoms with Gasteiger partial charge in [0.1, 0.15) is 11.3 Å². The van der Waals surface area contributed by atoms with Gasteiger partial charge in [-0.05, 0) is 80.2 Å². The SMILES string of the molecule is CCOC(=O)C1CCN(Cc2ccccc2-c2c3ccc(=[N+]4CCc5ccccc54)cc-3oc3cc(N4CCc5ccccc54)ccc23)CC1. The summed E-state index contributed by atoms with van der Waals surface area (Å²) in [7, 11) is 0. The van der Waals surface area contributed by atoms with E-state index < -0.39 is 0 Å². The molecule has 5 aliphatic rings. The number of nitrogens with zero attached hydrogens (tertiary/aromatic N) is 3. The van der Waals surface area contributed by atoms with Gasteiger partial charge in [0.2, 0.25) is 11.0 Å².